The van der Waals surface area contributed by atoms with Crippen molar-refractivity contribution in [1.82, 2.24) is 9.80 Å². The number of carbonyl (C=O) groups is 2. The molecule has 0 aromatic heterocycles. The third-order valence-corrected chi connectivity index (χ3v) is 9.97. The molecule has 14 heteroatoms. The molecule has 0 bridgehead atoms. The van der Waals surface area contributed by atoms with Crippen molar-refractivity contribution in [2.45, 2.75) is 63.2 Å². The van der Waals surface area contributed by atoms with Crippen LogP contribution in [0.2, 0.25) is 0 Å². The van der Waals surface area contributed by atoms with E-state index < -0.39 is 39.9 Å². The van der Waals surface area contributed by atoms with E-state index in [1.807, 2.05) is 13.8 Å². The SMILES string of the molecule is COc1ccc(S(=O)(=O)Nc2ccc3c(c2)C(=O)N([C@@H](C)CO)C[C@@H](C)[C@@H](CN(C)C(=O)Nc2ccc(F)cc2)OCCCC[C@@H](C)O3)cc1. The lowest BCUT2D eigenvalue weighted by atomic mass is 10.0. The molecule has 4 rings (SSSR count). The maximum Gasteiger partial charge on any atom is 0.321 e. The summed E-state index contributed by atoms with van der Waals surface area (Å²) in [6.07, 6.45) is 1.42. The van der Waals surface area contributed by atoms with Gasteiger partial charge in [-0.05, 0) is 99.8 Å². The van der Waals surface area contributed by atoms with Crippen molar-refractivity contribution in [2.24, 2.45) is 5.92 Å². The fourth-order valence-electron chi connectivity index (χ4n) is 5.52. The number of urea groups is 1. The minimum Gasteiger partial charge on any atom is -0.497 e. The Bertz CT molecular complexity index is 1690. The number of fused-ring (bicyclic) bond motifs is 1. The molecule has 3 aromatic carbocycles. The lowest BCUT2D eigenvalue weighted by Crippen LogP contribution is -2.48. The Balaban J connectivity index is 1.62. The van der Waals surface area contributed by atoms with E-state index in [1.165, 1.54) is 59.4 Å². The summed E-state index contributed by atoms with van der Waals surface area (Å²) in [5, 5.41) is 13.0. The molecule has 1 aliphatic heterocycles. The van der Waals surface area contributed by atoms with E-state index >= 15 is 0 Å². The Morgan fingerprint density at radius 1 is 1.08 bits per heavy atom. The van der Waals surface area contributed by atoms with E-state index in [9.17, 15) is 27.5 Å². The van der Waals surface area contributed by atoms with Gasteiger partial charge in [-0.15, -0.1) is 0 Å². The number of hydrogen-bond acceptors (Lipinski definition) is 8. The lowest BCUT2D eigenvalue weighted by molar-refractivity contribution is -0.0115. The van der Waals surface area contributed by atoms with Crippen molar-refractivity contribution in [3.8, 4) is 11.5 Å². The summed E-state index contributed by atoms with van der Waals surface area (Å²) < 4.78 is 60.1. The molecule has 0 saturated heterocycles. The number of carbonyl (C=O) groups excluding carboxylic acids is 2. The van der Waals surface area contributed by atoms with Gasteiger partial charge in [0.15, 0.2) is 0 Å². The van der Waals surface area contributed by atoms with Crippen molar-refractivity contribution in [3.63, 3.8) is 0 Å². The van der Waals surface area contributed by atoms with Gasteiger partial charge in [0, 0.05) is 44.0 Å². The zero-order valence-corrected chi connectivity index (χ0v) is 29.9. The van der Waals surface area contributed by atoms with E-state index in [0.29, 0.717) is 30.2 Å². The van der Waals surface area contributed by atoms with Gasteiger partial charge in [0.1, 0.15) is 17.3 Å². The molecule has 1 aliphatic rings. The molecule has 0 saturated carbocycles. The summed E-state index contributed by atoms with van der Waals surface area (Å²) >= 11 is 0. The fourth-order valence-corrected chi connectivity index (χ4v) is 6.57. The second-order valence-electron chi connectivity index (χ2n) is 12.6. The lowest BCUT2D eigenvalue weighted by Gasteiger charge is -2.35. The number of rotatable bonds is 9. The van der Waals surface area contributed by atoms with Crippen LogP contribution in [0.5, 0.6) is 11.5 Å². The van der Waals surface area contributed by atoms with Crippen molar-refractivity contribution < 1.29 is 41.7 Å². The summed E-state index contributed by atoms with van der Waals surface area (Å²) in [4.78, 5) is 30.4. The number of amides is 3. The first-order valence-electron chi connectivity index (χ1n) is 16.6. The standard InChI is InChI=1S/C36H47FN4O8S/c1-24-21-41(25(2)23-42)35(43)32-20-29(39-50(45,46)31-16-14-30(47-5)15-17-31)13-18-33(32)49-26(3)8-6-7-19-48-34(24)22-40(4)36(44)38-28-11-9-27(37)10-12-28/h9-18,20,24-26,34,39,42H,6-8,19,21-23H2,1-5H3,(H,38,44)/t24-,25+,26-,34-/m1/s1. The number of sulfonamides is 1. The highest BCUT2D eigenvalue weighted by Gasteiger charge is 2.31. The second-order valence-corrected chi connectivity index (χ2v) is 14.3. The van der Waals surface area contributed by atoms with Crippen molar-refractivity contribution >= 4 is 33.3 Å². The number of nitrogens with one attached hydrogen (secondary N) is 2. The maximum absolute atomic E-state index is 14.4. The van der Waals surface area contributed by atoms with Crippen LogP contribution >= 0.6 is 0 Å². The molecule has 50 heavy (non-hydrogen) atoms. The summed E-state index contributed by atoms with van der Waals surface area (Å²) in [6.45, 7) is 5.95. The van der Waals surface area contributed by atoms with Gasteiger partial charge in [0.05, 0.1) is 42.4 Å². The Hall–Kier alpha value is -4.40. The van der Waals surface area contributed by atoms with E-state index in [2.05, 4.69) is 10.0 Å². The molecule has 0 radical (unpaired) electrons. The maximum atomic E-state index is 14.4. The normalized spacial score (nSPS) is 19.7. The molecule has 3 aromatic rings. The Labute approximate surface area is 293 Å². The monoisotopic (exact) mass is 714 g/mol. The average Bonchev–Trinajstić information content (AvgIpc) is 3.10. The largest absolute Gasteiger partial charge is 0.497 e. The number of methoxy groups -OCH3 is 1. The molecule has 0 unspecified atom stereocenters. The first-order chi connectivity index (χ1) is 23.8. The predicted molar refractivity (Wildman–Crippen MR) is 189 cm³/mol. The number of likely N-dealkylation sites (N-methyl/N-ethyl adjacent to an activating group) is 1. The molecule has 0 aliphatic carbocycles. The molecule has 3 N–H and O–H groups in total. The Kier molecular flexibility index (Phi) is 13.4. The van der Waals surface area contributed by atoms with Crippen LogP contribution in [0, 0.1) is 11.7 Å². The first kappa shape index (κ1) is 38.4. The highest BCUT2D eigenvalue weighted by Crippen LogP contribution is 2.30. The summed E-state index contributed by atoms with van der Waals surface area (Å²) in [7, 11) is -0.900. The molecular formula is C36H47FN4O8S. The van der Waals surface area contributed by atoms with Gasteiger partial charge in [-0.25, -0.2) is 17.6 Å². The minimum absolute atomic E-state index is 0.0151. The molecule has 272 valence electrons. The summed E-state index contributed by atoms with van der Waals surface area (Å²) in [5.41, 5.74) is 0.729. The van der Waals surface area contributed by atoms with Gasteiger partial charge < -0.3 is 34.4 Å². The zero-order chi connectivity index (χ0) is 36.4. The molecule has 4 atom stereocenters. The molecule has 1 heterocycles. The molecular weight excluding hydrogens is 667 g/mol. The number of nitrogens with zero attached hydrogens (tertiary/aromatic N) is 2. The first-order valence-corrected chi connectivity index (χ1v) is 18.1. The Morgan fingerprint density at radius 3 is 2.42 bits per heavy atom. The third kappa shape index (κ3) is 10.3. The van der Waals surface area contributed by atoms with Gasteiger partial charge in [-0.1, -0.05) is 6.92 Å². The van der Waals surface area contributed by atoms with Crippen molar-refractivity contribution in [3.05, 3.63) is 78.1 Å². The molecule has 12 nitrogen and oxygen atoms in total. The van der Waals surface area contributed by atoms with E-state index in [1.54, 1.807) is 38.2 Å². The van der Waals surface area contributed by atoms with E-state index in [0.717, 1.165) is 12.8 Å². The number of benzene rings is 3. The number of halogens is 1. The van der Waals surface area contributed by atoms with Gasteiger partial charge in [-0.3, -0.25) is 9.52 Å². The van der Waals surface area contributed by atoms with Crippen molar-refractivity contribution in [2.75, 3.05) is 50.5 Å². The van der Waals surface area contributed by atoms with Crippen LogP contribution in [-0.4, -0.2) is 94.0 Å². The molecule has 0 fully saturated rings. The van der Waals surface area contributed by atoms with Crippen LogP contribution < -0.4 is 19.5 Å². The number of aliphatic hydroxyl groups excluding tert-OH is 1. The minimum atomic E-state index is -4.01. The van der Waals surface area contributed by atoms with Gasteiger partial charge >= 0.3 is 6.03 Å². The highest BCUT2D eigenvalue weighted by molar-refractivity contribution is 7.92. The summed E-state index contributed by atoms with van der Waals surface area (Å²) in [5.74, 6) is -0.391. The average molecular weight is 715 g/mol. The second kappa shape index (κ2) is 17.5. The van der Waals surface area contributed by atoms with Crippen LogP contribution in [0.25, 0.3) is 0 Å². The molecule has 0 spiro atoms. The number of aliphatic hydroxyl groups is 1. The molecule has 3 amide bonds. The summed E-state index contributed by atoms with van der Waals surface area (Å²) in [6, 6.07) is 14.9. The van der Waals surface area contributed by atoms with Crippen LogP contribution in [0.4, 0.5) is 20.6 Å². The Morgan fingerprint density at radius 2 is 1.76 bits per heavy atom. The third-order valence-electron chi connectivity index (χ3n) is 8.57. The number of hydrogen-bond donors (Lipinski definition) is 3. The fraction of sp³-hybridized carbons (Fsp3) is 0.444. The topological polar surface area (TPSA) is 147 Å². The van der Waals surface area contributed by atoms with Gasteiger partial charge in [0.2, 0.25) is 0 Å². The zero-order valence-electron chi connectivity index (χ0n) is 29.1. The van der Waals surface area contributed by atoms with E-state index in [4.69, 9.17) is 14.2 Å². The van der Waals surface area contributed by atoms with Crippen LogP contribution in [0.1, 0.15) is 50.4 Å². The predicted octanol–water partition coefficient (Wildman–Crippen LogP) is 5.59. The van der Waals surface area contributed by atoms with Crippen LogP contribution in [0.15, 0.2) is 71.6 Å². The quantitative estimate of drug-likeness (QED) is 0.260. The van der Waals surface area contributed by atoms with Gasteiger partial charge in [-0.2, -0.15) is 0 Å². The number of anilines is 2. The van der Waals surface area contributed by atoms with Crippen molar-refractivity contribution in [1.29, 1.82) is 0 Å². The van der Waals surface area contributed by atoms with Crippen LogP contribution in [-0.2, 0) is 14.8 Å². The number of ether oxygens (including phenoxy) is 3. The highest BCUT2D eigenvalue weighted by atomic mass is 32.2. The smallest absolute Gasteiger partial charge is 0.321 e. The van der Waals surface area contributed by atoms with E-state index in [-0.39, 0.29) is 47.9 Å². The van der Waals surface area contributed by atoms with Crippen LogP contribution in [0.3, 0.4) is 0 Å². The van der Waals surface area contributed by atoms with Gasteiger partial charge in [0.25, 0.3) is 15.9 Å².